The fraction of sp³-hybridized carbons (Fsp3) is 0.467. The van der Waals surface area contributed by atoms with Crippen molar-refractivity contribution in [1.29, 1.82) is 5.26 Å². The molecule has 2 rings (SSSR count). The summed E-state index contributed by atoms with van der Waals surface area (Å²) in [5.74, 6) is 0.609. The van der Waals surface area contributed by atoms with Gasteiger partial charge in [0.25, 0.3) is 0 Å². The number of ether oxygens (including phenoxy) is 1. The van der Waals surface area contributed by atoms with Crippen molar-refractivity contribution in [3.63, 3.8) is 0 Å². The summed E-state index contributed by atoms with van der Waals surface area (Å²) in [6, 6.07) is 9.83. The van der Waals surface area contributed by atoms with Crippen LogP contribution in [0.15, 0.2) is 24.3 Å². The van der Waals surface area contributed by atoms with Crippen molar-refractivity contribution in [3.8, 4) is 11.8 Å². The molecule has 0 N–H and O–H groups in total. The van der Waals surface area contributed by atoms with Crippen molar-refractivity contribution in [2.45, 2.75) is 32.2 Å². The fourth-order valence-electron chi connectivity index (χ4n) is 2.36. The lowest BCUT2D eigenvalue weighted by molar-refractivity contribution is -0.134. The van der Waals surface area contributed by atoms with Gasteiger partial charge in [0.2, 0.25) is 5.91 Å². The van der Waals surface area contributed by atoms with E-state index in [-0.39, 0.29) is 17.9 Å². The summed E-state index contributed by atoms with van der Waals surface area (Å²) < 4.78 is 5.55. The van der Waals surface area contributed by atoms with Gasteiger partial charge in [-0.25, -0.2) is 0 Å². The van der Waals surface area contributed by atoms with E-state index in [1.54, 1.807) is 4.90 Å². The number of benzene rings is 1. The molecule has 4 heteroatoms. The second-order valence-electron chi connectivity index (χ2n) is 4.93. The van der Waals surface area contributed by atoms with Crippen LogP contribution in [0.25, 0.3) is 0 Å². The van der Waals surface area contributed by atoms with Crippen LogP contribution in [0.5, 0.6) is 5.75 Å². The first-order valence-electron chi connectivity index (χ1n) is 6.54. The smallest absolute Gasteiger partial charge is 0.233 e. The molecule has 4 nitrogen and oxygen atoms in total. The SMILES string of the molecule is CC(C)N(CCC#N)C(=O)C1COc2ccccc21. The molecule has 0 saturated heterocycles. The first kappa shape index (κ1) is 13.4. The third kappa shape index (κ3) is 2.70. The Morgan fingerprint density at radius 2 is 2.26 bits per heavy atom. The maximum absolute atomic E-state index is 12.6. The second-order valence-corrected chi connectivity index (χ2v) is 4.93. The standard InChI is InChI=1S/C15H18N2O2/c1-11(2)17(9-5-8-16)15(18)13-10-19-14-7-4-3-6-12(13)14/h3-4,6-7,11,13H,5,9-10H2,1-2H3. The molecular weight excluding hydrogens is 240 g/mol. The highest BCUT2D eigenvalue weighted by molar-refractivity contribution is 5.85. The maximum Gasteiger partial charge on any atom is 0.233 e. The Labute approximate surface area is 113 Å². The highest BCUT2D eigenvalue weighted by atomic mass is 16.5. The molecule has 0 radical (unpaired) electrons. The van der Waals surface area contributed by atoms with Gasteiger partial charge in [0.05, 0.1) is 12.5 Å². The molecule has 19 heavy (non-hydrogen) atoms. The summed E-state index contributed by atoms with van der Waals surface area (Å²) in [5, 5.41) is 8.69. The van der Waals surface area contributed by atoms with Crippen molar-refractivity contribution < 1.29 is 9.53 Å². The van der Waals surface area contributed by atoms with Crippen molar-refractivity contribution in [2.24, 2.45) is 0 Å². The average molecular weight is 258 g/mol. The van der Waals surface area contributed by atoms with Crippen LogP contribution >= 0.6 is 0 Å². The van der Waals surface area contributed by atoms with Gasteiger partial charge in [0, 0.05) is 18.2 Å². The molecule has 0 fully saturated rings. The highest BCUT2D eigenvalue weighted by Gasteiger charge is 2.33. The van der Waals surface area contributed by atoms with Gasteiger partial charge in [-0.2, -0.15) is 5.26 Å². The van der Waals surface area contributed by atoms with Gasteiger partial charge >= 0.3 is 0 Å². The number of nitrogens with zero attached hydrogens (tertiary/aromatic N) is 2. The summed E-state index contributed by atoms with van der Waals surface area (Å²) in [7, 11) is 0. The molecule has 1 aliphatic heterocycles. The van der Waals surface area contributed by atoms with Gasteiger partial charge in [0.15, 0.2) is 0 Å². The molecule has 0 spiro atoms. The Morgan fingerprint density at radius 3 is 2.95 bits per heavy atom. The van der Waals surface area contributed by atoms with Crippen LogP contribution in [0.1, 0.15) is 31.7 Å². The average Bonchev–Trinajstić information content (AvgIpc) is 2.82. The normalized spacial score (nSPS) is 16.6. The van der Waals surface area contributed by atoms with Gasteiger partial charge < -0.3 is 9.64 Å². The van der Waals surface area contributed by atoms with Gasteiger partial charge in [-0.05, 0) is 19.9 Å². The van der Waals surface area contributed by atoms with Crippen molar-refractivity contribution in [2.75, 3.05) is 13.2 Å². The van der Waals surface area contributed by atoms with E-state index in [0.29, 0.717) is 19.6 Å². The Hall–Kier alpha value is -2.02. The molecule has 1 aromatic carbocycles. The van der Waals surface area contributed by atoms with Crippen LogP contribution in [-0.4, -0.2) is 30.0 Å². The minimum atomic E-state index is -0.239. The van der Waals surface area contributed by atoms with E-state index >= 15 is 0 Å². The molecule has 1 heterocycles. The lowest BCUT2D eigenvalue weighted by Crippen LogP contribution is -2.41. The zero-order valence-corrected chi connectivity index (χ0v) is 11.3. The Bertz CT molecular complexity index is 505. The van der Waals surface area contributed by atoms with Crippen molar-refractivity contribution in [1.82, 2.24) is 4.90 Å². The maximum atomic E-state index is 12.6. The first-order chi connectivity index (χ1) is 9.15. The number of fused-ring (bicyclic) bond motifs is 1. The van der Waals surface area contributed by atoms with Crippen LogP contribution in [0.3, 0.4) is 0 Å². The van der Waals surface area contributed by atoms with Crippen LogP contribution in [0.4, 0.5) is 0 Å². The van der Waals surface area contributed by atoms with E-state index in [1.807, 2.05) is 38.1 Å². The van der Waals surface area contributed by atoms with Crippen LogP contribution < -0.4 is 4.74 Å². The van der Waals surface area contributed by atoms with Gasteiger partial charge in [-0.3, -0.25) is 4.79 Å². The first-order valence-corrected chi connectivity index (χ1v) is 6.54. The second kappa shape index (κ2) is 5.75. The number of amides is 1. The van der Waals surface area contributed by atoms with Crippen LogP contribution in [0.2, 0.25) is 0 Å². The number of carbonyl (C=O) groups is 1. The predicted octanol–water partition coefficient (Wildman–Crippen LogP) is 2.31. The number of rotatable bonds is 4. The molecule has 1 amide bonds. The summed E-state index contributed by atoms with van der Waals surface area (Å²) in [6.45, 7) is 4.81. The zero-order chi connectivity index (χ0) is 13.8. The quantitative estimate of drug-likeness (QED) is 0.832. The summed E-state index contributed by atoms with van der Waals surface area (Å²) in [5.41, 5.74) is 0.954. The largest absolute Gasteiger partial charge is 0.492 e. The molecule has 100 valence electrons. The number of nitriles is 1. The lowest BCUT2D eigenvalue weighted by Gasteiger charge is -2.28. The number of para-hydroxylation sites is 1. The van der Waals surface area contributed by atoms with Crippen LogP contribution in [0, 0.1) is 11.3 Å². The highest BCUT2D eigenvalue weighted by Crippen LogP contribution is 2.34. The van der Waals surface area contributed by atoms with Gasteiger partial charge in [0.1, 0.15) is 18.3 Å². The van der Waals surface area contributed by atoms with Gasteiger partial charge in [-0.15, -0.1) is 0 Å². The number of hydrogen-bond donors (Lipinski definition) is 0. The van der Waals surface area contributed by atoms with E-state index in [9.17, 15) is 4.79 Å². The molecular formula is C15H18N2O2. The zero-order valence-electron chi connectivity index (χ0n) is 11.3. The number of hydrogen-bond acceptors (Lipinski definition) is 3. The molecule has 1 unspecified atom stereocenters. The monoisotopic (exact) mass is 258 g/mol. The lowest BCUT2D eigenvalue weighted by atomic mass is 9.99. The molecule has 1 aromatic rings. The molecule has 0 aromatic heterocycles. The Balaban J connectivity index is 2.17. The number of carbonyl (C=O) groups excluding carboxylic acids is 1. The van der Waals surface area contributed by atoms with Gasteiger partial charge in [-0.1, -0.05) is 18.2 Å². The molecule has 0 saturated carbocycles. The van der Waals surface area contributed by atoms with E-state index in [4.69, 9.17) is 10.00 Å². The molecule has 0 aliphatic carbocycles. The molecule has 1 aliphatic rings. The minimum Gasteiger partial charge on any atom is -0.492 e. The third-order valence-electron chi connectivity index (χ3n) is 3.37. The van der Waals surface area contributed by atoms with Crippen molar-refractivity contribution in [3.05, 3.63) is 29.8 Å². The van der Waals surface area contributed by atoms with E-state index in [0.717, 1.165) is 11.3 Å². The Kier molecular flexibility index (Phi) is 4.06. The molecule has 0 bridgehead atoms. The van der Waals surface area contributed by atoms with E-state index in [1.165, 1.54) is 0 Å². The van der Waals surface area contributed by atoms with E-state index < -0.39 is 0 Å². The summed E-state index contributed by atoms with van der Waals surface area (Å²) >= 11 is 0. The predicted molar refractivity (Wildman–Crippen MR) is 71.8 cm³/mol. The minimum absolute atomic E-state index is 0.0511. The third-order valence-corrected chi connectivity index (χ3v) is 3.37. The summed E-state index contributed by atoms with van der Waals surface area (Å²) in [6.07, 6.45) is 0.360. The van der Waals surface area contributed by atoms with E-state index in [2.05, 4.69) is 6.07 Å². The fourth-order valence-corrected chi connectivity index (χ4v) is 2.36. The van der Waals surface area contributed by atoms with Crippen molar-refractivity contribution >= 4 is 5.91 Å². The van der Waals surface area contributed by atoms with Crippen LogP contribution in [-0.2, 0) is 4.79 Å². The molecule has 1 atom stereocenters. The Morgan fingerprint density at radius 1 is 1.53 bits per heavy atom. The topological polar surface area (TPSA) is 53.3 Å². The summed E-state index contributed by atoms with van der Waals surface area (Å²) in [4.78, 5) is 14.4.